The van der Waals surface area contributed by atoms with E-state index in [1.54, 1.807) is 25.3 Å². The normalized spacial score (nSPS) is 16.5. The second-order valence-corrected chi connectivity index (χ2v) is 7.74. The van der Waals surface area contributed by atoms with E-state index in [-0.39, 0.29) is 18.1 Å². The van der Waals surface area contributed by atoms with Crippen molar-refractivity contribution in [3.05, 3.63) is 11.9 Å². The molecule has 1 fully saturated rings. The summed E-state index contributed by atoms with van der Waals surface area (Å²) < 4.78 is 11.5. The zero-order chi connectivity index (χ0) is 19.4. The van der Waals surface area contributed by atoms with E-state index in [4.69, 9.17) is 9.47 Å². The molecule has 0 radical (unpaired) electrons. The minimum absolute atomic E-state index is 0.193. The highest BCUT2D eigenvalue weighted by Gasteiger charge is 2.23. The molecular weight excluding hydrogens is 368 g/mol. The molecule has 3 rings (SSSR count). The van der Waals surface area contributed by atoms with Gasteiger partial charge in [-0.3, -0.25) is 10.3 Å². The monoisotopic (exact) mass is 394 g/mol. The largest absolute Gasteiger partial charge is 0.493 e. The first-order chi connectivity index (χ1) is 13.0. The van der Waals surface area contributed by atoms with Gasteiger partial charge in [-0.25, -0.2) is 9.78 Å². The molecule has 2 amide bonds. The number of anilines is 1. The average molecular weight is 394 g/mol. The van der Waals surface area contributed by atoms with Crippen molar-refractivity contribution in [3.8, 4) is 5.75 Å². The average Bonchev–Trinajstić information content (AvgIpc) is 3.09. The van der Waals surface area contributed by atoms with Gasteiger partial charge >= 0.3 is 6.03 Å². The van der Waals surface area contributed by atoms with Crippen molar-refractivity contribution in [1.82, 2.24) is 14.9 Å². The Labute approximate surface area is 162 Å². The maximum absolute atomic E-state index is 12.5. The van der Waals surface area contributed by atoms with Crippen LogP contribution in [0.3, 0.4) is 0 Å². The van der Waals surface area contributed by atoms with Crippen LogP contribution in [0.1, 0.15) is 37.8 Å². The van der Waals surface area contributed by atoms with Crippen LogP contribution in [0.5, 0.6) is 5.75 Å². The zero-order valence-corrected chi connectivity index (χ0v) is 16.7. The van der Waals surface area contributed by atoms with Crippen LogP contribution in [0.15, 0.2) is 6.20 Å². The molecule has 1 atom stereocenters. The molecule has 0 spiro atoms. The topological polar surface area (TPSA) is 96.8 Å². The molecule has 1 saturated heterocycles. The molecule has 27 heavy (non-hydrogen) atoms. The van der Waals surface area contributed by atoms with Gasteiger partial charge in [-0.05, 0) is 19.3 Å². The van der Waals surface area contributed by atoms with Crippen LogP contribution in [0.4, 0.5) is 9.93 Å². The van der Waals surface area contributed by atoms with Crippen LogP contribution in [-0.2, 0) is 4.74 Å². The summed E-state index contributed by atoms with van der Waals surface area (Å²) >= 11 is 1.41. The number of aromatic nitrogens is 2. The number of rotatable bonds is 6. The van der Waals surface area contributed by atoms with Crippen molar-refractivity contribution in [2.24, 2.45) is 0 Å². The summed E-state index contributed by atoms with van der Waals surface area (Å²) in [5.74, 6) is 0.788. The predicted molar refractivity (Wildman–Crippen MR) is 105 cm³/mol. The number of hydrogen-bond donors (Lipinski definition) is 2. The number of fused-ring (bicyclic) bond motifs is 1. The van der Waals surface area contributed by atoms with Crippen molar-refractivity contribution < 1.29 is 19.4 Å². The summed E-state index contributed by atoms with van der Waals surface area (Å²) in [5.41, 5.74) is 1.64. The number of likely N-dealkylation sites (tertiary alicyclic amines) is 1. The molecule has 0 bridgehead atoms. The number of ether oxygens (including phenoxy) is 2. The summed E-state index contributed by atoms with van der Waals surface area (Å²) in [6.45, 7) is 3.84. The lowest BCUT2D eigenvalue weighted by atomic mass is 10.0. The van der Waals surface area contributed by atoms with E-state index >= 15 is 0 Å². The molecule has 3 heterocycles. The molecule has 2 aromatic rings. The van der Waals surface area contributed by atoms with E-state index < -0.39 is 0 Å². The number of carbonyl (C=O) groups is 1. The van der Waals surface area contributed by atoms with Gasteiger partial charge in [0.15, 0.2) is 10.9 Å². The molecule has 1 aliphatic heterocycles. The highest BCUT2D eigenvalue weighted by molar-refractivity contribution is 7.22. The number of thiazole rings is 1. The van der Waals surface area contributed by atoms with E-state index in [0.29, 0.717) is 48.9 Å². The third-order valence-electron chi connectivity index (χ3n) is 4.82. The molecule has 2 aromatic heterocycles. The molecule has 2 N–H and O–H groups in total. The SMILES string of the molecule is COCCC(C)c1ncc(OC)c2nc(NC(=O)N3CCC(O)CC3)sc12. The number of methoxy groups -OCH3 is 2. The molecule has 1 unspecified atom stereocenters. The second kappa shape index (κ2) is 8.81. The summed E-state index contributed by atoms with van der Waals surface area (Å²) in [6.07, 6.45) is 3.42. The van der Waals surface area contributed by atoms with Gasteiger partial charge < -0.3 is 19.5 Å². The summed E-state index contributed by atoms with van der Waals surface area (Å²) in [4.78, 5) is 23.3. The molecule has 0 aromatic carbocycles. The molecular formula is C18H26N4O4S. The molecule has 0 saturated carbocycles. The van der Waals surface area contributed by atoms with Crippen LogP contribution in [0, 0.1) is 0 Å². The summed E-state index contributed by atoms with van der Waals surface area (Å²) in [7, 11) is 3.27. The highest BCUT2D eigenvalue weighted by Crippen LogP contribution is 2.37. The number of aliphatic hydroxyl groups is 1. The number of piperidine rings is 1. The van der Waals surface area contributed by atoms with Crippen LogP contribution in [0.25, 0.3) is 10.2 Å². The standard InChI is InChI=1S/C18H26N4O4S/c1-11(6-9-25-2)14-16-15(13(26-3)10-19-14)20-17(27-16)21-18(24)22-7-4-12(23)5-8-22/h10-12,23H,4-9H2,1-3H3,(H,20,21,24). The molecule has 1 aliphatic rings. The third kappa shape index (κ3) is 4.48. The number of pyridine rings is 1. The van der Waals surface area contributed by atoms with Gasteiger partial charge in [0.2, 0.25) is 0 Å². The molecule has 9 heteroatoms. The first-order valence-corrected chi connectivity index (χ1v) is 9.91. The van der Waals surface area contributed by atoms with Crippen LogP contribution in [0.2, 0.25) is 0 Å². The fourth-order valence-electron chi connectivity index (χ4n) is 3.13. The van der Waals surface area contributed by atoms with Crippen molar-refractivity contribution in [2.45, 2.75) is 38.2 Å². The van der Waals surface area contributed by atoms with Crippen molar-refractivity contribution in [2.75, 3.05) is 39.2 Å². The fourth-order valence-corrected chi connectivity index (χ4v) is 4.20. The van der Waals surface area contributed by atoms with Crippen molar-refractivity contribution in [3.63, 3.8) is 0 Å². The summed E-state index contributed by atoms with van der Waals surface area (Å²) in [5, 5.41) is 13.0. The van der Waals surface area contributed by atoms with Crippen LogP contribution in [-0.4, -0.2) is 66.0 Å². The van der Waals surface area contributed by atoms with Gasteiger partial charge in [-0.1, -0.05) is 18.3 Å². The molecule has 8 nitrogen and oxygen atoms in total. The van der Waals surface area contributed by atoms with Gasteiger partial charge in [-0.15, -0.1) is 0 Å². The number of nitrogens with zero attached hydrogens (tertiary/aromatic N) is 3. The Balaban J connectivity index is 1.83. The number of urea groups is 1. The lowest BCUT2D eigenvalue weighted by Gasteiger charge is -2.29. The number of amides is 2. The third-order valence-corrected chi connectivity index (χ3v) is 5.81. The summed E-state index contributed by atoms with van der Waals surface area (Å²) in [6, 6.07) is -0.193. The van der Waals surface area contributed by atoms with E-state index in [1.807, 2.05) is 0 Å². The number of aliphatic hydroxyl groups excluding tert-OH is 1. The Morgan fingerprint density at radius 2 is 2.19 bits per heavy atom. The second-order valence-electron chi connectivity index (χ2n) is 6.74. The lowest BCUT2D eigenvalue weighted by molar-refractivity contribution is 0.0972. The zero-order valence-electron chi connectivity index (χ0n) is 15.9. The molecule has 0 aliphatic carbocycles. The molecule has 148 valence electrons. The first-order valence-electron chi connectivity index (χ1n) is 9.09. The van der Waals surface area contributed by atoms with Gasteiger partial charge in [-0.2, -0.15) is 0 Å². The van der Waals surface area contributed by atoms with Crippen molar-refractivity contribution in [1.29, 1.82) is 0 Å². The maximum Gasteiger partial charge on any atom is 0.323 e. The van der Waals surface area contributed by atoms with E-state index in [9.17, 15) is 9.90 Å². The van der Waals surface area contributed by atoms with Crippen molar-refractivity contribution >= 4 is 32.7 Å². The maximum atomic E-state index is 12.5. The Kier molecular flexibility index (Phi) is 6.46. The number of hydrogen-bond acceptors (Lipinski definition) is 7. The van der Waals surface area contributed by atoms with Gasteiger partial charge in [0.1, 0.15) is 5.52 Å². The Bertz CT molecular complexity index is 789. The fraction of sp³-hybridized carbons (Fsp3) is 0.611. The van der Waals surface area contributed by atoms with Crippen LogP contribution < -0.4 is 10.1 Å². The van der Waals surface area contributed by atoms with E-state index in [0.717, 1.165) is 16.8 Å². The Morgan fingerprint density at radius 3 is 2.85 bits per heavy atom. The smallest absolute Gasteiger partial charge is 0.323 e. The van der Waals surface area contributed by atoms with Gasteiger partial charge in [0.25, 0.3) is 0 Å². The highest BCUT2D eigenvalue weighted by atomic mass is 32.1. The van der Waals surface area contributed by atoms with E-state index in [1.165, 1.54) is 11.3 Å². The number of carbonyl (C=O) groups excluding carboxylic acids is 1. The quantitative estimate of drug-likeness (QED) is 0.782. The van der Waals surface area contributed by atoms with Gasteiger partial charge in [0.05, 0.1) is 29.8 Å². The minimum atomic E-state index is -0.317. The first kappa shape index (κ1) is 19.8. The Hall–Kier alpha value is -1.97. The lowest BCUT2D eigenvalue weighted by Crippen LogP contribution is -2.42. The minimum Gasteiger partial charge on any atom is -0.493 e. The number of nitrogens with one attached hydrogen (secondary N) is 1. The van der Waals surface area contributed by atoms with Crippen LogP contribution >= 0.6 is 11.3 Å². The van der Waals surface area contributed by atoms with Gasteiger partial charge in [0, 0.05) is 32.7 Å². The Morgan fingerprint density at radius 1 is 1.44 bits per heavy atom. The predicted octanol–water partition coefficient (Wildman–Crippen LogP) is 2.83. The van der Waals surface area contributed by atoms with E-state index in [2.05, 4.69) is 22.2 Å².